The standard InChI is InChI=1S/C22H24N6O/c1-14-19(27-11-7-3-6-10-24-27)13-15-12-16(22(29)23-2)21-26-17-8-4-5-9-18(17)28(21)20(15)25-14/h4-5,8-9,12-13,24H,3,6-7,10-11H2,1-2H3,(H,23,29). The van der Waals surface area contributed by atoms with E-state index in [9.17, 15) is 4.79 Å². The number of para-hydroxylation sites is 2. The van der Waals surface area contributed by atoms with E-state index in [1.165, 1.54) is 12.8 Å². The average Bonchev–Trinajstić information content (AvgIpc) is 2.92. The summed E-state index contributed by atoms with van der Waals surface area (Å²) in [5, 5.41) is 5.87. The fourth-order valence-electron chi connectivity index (χ4n) is 4.17. The van der Waals surface area contributed by atoms with Crippen molar-refractivity contribution in [3.8, 4) is 0 Å². The second kappa shape index (κ2) is 7.00. The summed E-state index contributed by atoms with van der Waals surface area (Å²) in [7, 11) is 1.64. The minimum absolute atomic E-state index is 0.151. The third-order valence-electron chi connectivity index (χ3n) is 5.63. The summed E-state index contributed by atoms with van der Waals surface area (Å²) in [5.74, 6) is -0.151. The SMILES string of the molecule is CNC(=O)c1cc2cc(N3CCCCCN3)c(C)nc2n2c1nc1ccccc12. The predicted molar refractivity (Wildman–Crippen MR) is 115 cm³/mol. The van der Waals surface area contributed by atoms with Crippen LogP contribution in [0.4, 0.5) is 5.69 Å². The number of aryl methyl sites for hydroxylation is 1. The van der Waals surface area contributed by atoms with Crippen molar-refractivity contribution < 1.29 is 4.79 Å². The van der Waals surface area contributed by atoms with Gasteiger partial charge in [-0.25, -0.2) is 15.4 Å². The maximum atomic E-state index is 12.6. The molecule has 2 N–H and O–H groups in total. The van der Waals surface area contributed by atoms with Crippen molar-refractivity contribution in [1.29, 1.82) is 0 Å². The number of pyridine rings is 2. The van der Waals surface area contributed by atoms with Crippen LogP contribution in [0.3, 0.4) is 0 Å². The molecule has 5 rings (SSSR count). The molecule has 0 radical (unpaired) electrons. The van der Waals surface area contributed by atoms with E-state index in [1.54, 1.807) is 7.05 Å². The quantitative estimate of drug-likeness (QED) is 0.552. The summed E-state index contributed by atoms with van der Waals surface area (Å²) in [4.78, 5) is 22.3. The minimum atomic E-state index is -0.151. The Kier molecular flexibility index (Phi) is 4.32. The number of carbonyl (C=O) groups is 1. The van der Waals surface area contributed by atoms with Gasteiger partial charge in [-0.05, 0) is 44.0 Å². The van der Waals surface area contributed by atoms with Gasteiger partial charge in [-0.2, -0.15) is 0 Å². The number of aromatic nitrogens is 3. The smallest absolute Gasteiger partial charge is 0.254 e. The van der Waals surface area contributed by atoms with Crippen molar-refractivity contribution >= 4 is 39.3 Å². The Hall–Kier alpha value is -3.19. The zero-order valence-electron chi connectivity index (χ0n) is 16.7. The van der Waals surface area contributed by atoms with Crippen molar-refractivity contribution in [3.63, 3.8) is 0 Å². The topological polar surface area (TPSA) is 74.6 Å². The Morgan fingerprint density at radius 2 is 1.97 bits per heavy atom. The highest BCUT2D eigenvalue weighted by Gasteiger charge is 2.20. The second-order valence-corrected chi connectivity index (χ2v) is 7.52. The van der Waals surface area contributed by atoms with Crippen molar-refractivity contribution in [2.75, 3.05) is 25.1 Å². The number of nitrogens with zero attached hydrogens (tertiary/aromatic N) is 4. The molecule has 1 fully saturated rings. The van der Waals surface area contributed by atoms with E-state index >= 15 is 0 Å². The number of rotatable bonds is 2. The fraction of sp³-hybridized carbons (Fsp3) is 0.318. The van der Waals surface area contributed by atoms with Gasteiger partial charge in [-0.3, -0.25) is 9.20 Å². The molecule has 1 saturated heterocycles. The predicted octanol–water partition coefficient (Wildman–Crippen LogP) is 3.20. The molecule has 0 unspecified atom stereocenters. The van der Waals surface area contributed by atoms with Gasteiger partial charge in [0.1, 0.15) is 5.65 Å². The van der Waals surface area contributed by atoms with Crippen molar-refractivity contribution in [1.82, 2.24) is 25.1 Å². The van der Waals surface area contributed by atoms with Gasteiger partial charge in [0, 0.05) is 25.5 Å². The van der Waals surface area contributed by atoms with Crippen LogP contribution in [0.15, 0.2) is 36.4 Å². The lowest BCUT2D eigenvalue weighted by Gasteiger charge is -2.25. The van der Waals surface area contributed by atoms with Crippen LogP contribution in [-0.2, 0) is 0 Å². The van der Waals surface area contributed by atoms with Gasteiger partial charge in [0.25, 0.3) is 5.91 Å². The Morgan fingerprint density at radius 3 is 2.83 bits per heavy atom. The molecular formula is C22H24N6O. The molecule has 7 heteroatoms. The number of anilines is 1. The zero-order valence-corrected chi connectivity index (χ0v) is 16.7. The molecule has 1 aromatic carbocycles. The Bertz CT molecular complexity index is 1240. The largest absolute Gasteiger partial charge is 0.355 e. The third kappa shape index (κ3) is 2.89. The Morgan fingerprint density at radius 1 is 1.10 bits per heavy atom. The van der Waals surface area contributed by atoms with Crippen LogP contribution < -0.4 is 15.8 Å². The maximum Gasteiger partial charge on any atom is 0.254 e. The van der Waals surface area contributed by atoms with Crippen molar-refractivity contribution in [2.24, 2.45) is 0 Å². The molecule has 4 heterocycles. The fourth-order valence-corrected chi connectivity index (χ4v) is 4.17. The number of fused-ring (bicyclic) bond motifs is 5. The first-order valence-corrected chi connectivity index (χ1v) is 10.1. The maximum absolute atomic E-state index is 12.6. The van der Waals surface area contributed by atoms with Crippen molar-refractivity contribution in [3.05, 3.63) is 47.7 Å². The number of hydrogen-bond acceptors (Lipinski definition) is 5. The van der Waals surface area contributed by atoms with Gasteiger partial charge in [0.2, 0.25) is 0 Å². The molecule has 148 valence electrons. The normalized spacial score (nSPS) is 15.2. The number of hydrogen-bond donors (Lipinski definition) is 2. The highest BCUT2D eigenvalue weighted by Crippen LogP contribution is 2.29. The number of carbonyl (C=O) groups excluding carboxylic acids is 1. The summed E-state index contributed by atoms with van der Waals surface area (Å²) in [6.07, 6.45) is 3.56. The van der Waals surface area contributed by atoms with Crippen LogP contribution in [-0.4, -0.2) is 40.4 Å². The molecule has 1 amide bonds. The third-order valence-corrected chi connectivity index (χ3v) is 5.63. The lowest BCUT2D eigenvalue weighted by Crippen LogP contribution is -2.38. The van der Waals surface area contributed by atoms with E-state index in [4.69, 9.17) is 9.97 Å². The second-order valence-electron chi connectivity index (χ2n) is 7.52. The summed E-state index contributed by atoms with van der Waals surface area (Å²) in [6.45, 7) is 3.96. The minimum Gasteiger partial charge on any atom is -0.355 e. The molecule has 0 saturated carbocycles. The molecule has 0 aliphatic carbocycles. The average molecular weight is 388 g/mol. The molecular weight excluding hydrogens is 364 g/mol. The van der Waals surface area contributed by atoms with E-state index < -0.39 is 0 Å². The van der Waals surface area contributed by atoms with Gasteiger partial charge in [0.05, 0.1) is 28.0 Å². The van der Waals surface area contributed by atoms with Crippen molar-refractivity contribution in [2.45, 2.75) is 26.2 Å². The number of benzene rings is 1. The number of amides is 1. The first-order valence-electron chi connectivity index (χ1n) is 10.1. The molecule has 7 nitrogen and oxygen atoms in total. The van der Waals surface area contributed by atoms with Crippen LogP contribution in [0.25, 0.3) is 27.7 Å². The molecule has 0 bridgehead atoms. The van der Waals surface area contributed by atoms with Gasteiger partial charge in [-0.15, -0.1) is 0 Å². The first-order chi connectivity index (χ1) is 14.2. The van der Waals surface area contributed by atoms with Crippen LogP contribution in [0.1, 0.15) is 35.3 Å². The van der Waals surface area contributed by atoms with Gasteiger partial charge >= 0.3 is 0 Å². The highest BCUT2D eigenvalue weighted by molar-refractivity contribution is 6.05. The zero-order chi connectivity index (χ0) is 20.0. The monoisotopic (exact) mass is 388 g/mol. The molecule has 29 heavy (non-hydrogen) atoms. The Labute approximate surface area is 168 Å². The van der Waals surface area contributed by atoms with Crippen LogP contribution in [0, 0.1) is 6.92 Å². The number of imidazole rings is 1. The molecule has 0 atom stereocenters. The molecule has 3 aromatic heterocycles. The molecule has 1 aliphatic heterocycles. The summed E-state index contributed by atoms with van der Waals surface area (Å²) < 4.78 is 2.00. The highest BCUT2D eigenvalue weighted by atomic mass is 16.1. The van der Waals surface area contributed by atoms with Gasteiger partial charge in [0.15, 0.2) is 5.65 Å². The summed E-state index contributed by atoms with van der Waals surface area (Å²) in [5.41, 5.74) is 9.33. The number of hydrazine groups is 1. The van der Waals surface area contributed by atoms with E-state index in [0.29, 0.717) is 11.2 Å². The summed E-state index contributed by atoms with van der Waals surface area (Å²) >= 11 is 0. The Balaban J connectivity index is 1.82. The van der Waals surface area contributed by atoms with E-state index in [0.717, 1.165) is 53.0 Å². The lowest BCUT2D eigenvalue weighted by molar-refractivity contribution is 0.0964. The van der Waals surface area contributed by atoms with Gasteiger partial charge < -0.3 is 10.3 Å². The molecule has 1 aliphatic rings. The summed E-state index contributed by atoms with van der Waals surface area (Å²) in [6, 6.07) is 12.0. The number of nitrogens with one attached hydrogen (secondary N) is 2. The molecule has 4 aromatic rings. The van der Waals surface area contributed by atoms with Crippen LogP contribution >= 0.6 is 0 Å². The van der Waals surface area contributed by atoms with E-state index in [-0.39, 0.29) is 5.91 Å². The van der Waals surface area contributed by atoms with Crippen LogP contribution in [0.5, 0.6) is 0 Å². The molecule has 0 spiro atoms. The van der Waals surface area contributed by atoms with Gasteiger partial charge in [-0.1, -0.05) is 18.6 Å². The lowest BCUT2D eigenvalue weighted by atomic mass is 10.1. The first kappa shape index (κ1) is 17.9. The van der Waals surface area contributed by atoms with E-state index in [1.807, 2.05) is 41.7 Å². The van der Waals surface area contributed by atoms with E-state index in [2.05, 4.69) is 21.8 Å². The van der Waals surface area contributed by atoms with Crippen LogP contribution in [0.2, 0.25) is 0 Å².